The van der Waals surface area contributed by atoms with Gasteiger partial charge >= 0.3 is 0 Å². The number of carbonyl (C=O) groups excluding carboxylic acids is 2. The van der Waals surface area contributed by atoms with Crippen LogP contribution in [-0.2, 0) is 18.4 Å². The van der Waals surface area contributed by atoms with E-state index in [4.69, 9.17) is 20.4 Å². The zero-order chi connectivity index (χ0) is 30.4. The number of hydrogen-bond donors (Lipinski definition) is 1. The van der Waals surface area contributed by atoms with E-state index in [1.165, 1.54) is 12.8 Å². The molecule has 11 nitrogen and oxygen atoms in total. The molecule has 2 aliphatic carbocycles. The lowest BCUT2D eigenvalue weighted by Crippen LogP contribution is -2.53. The number of benzene rings is 1. The van der Waals surface area contributed by atoms with Gasteiger partial charge in [0.25, 0.3) is 5.91 Å². The molecule has 2 saturated carbocycles. The topological polar surface area (TPSA) is 115 Å². The molecule has 4 aromatic rings. The number of piperidine rings is 1. The van der Waals surface area contributed by atoms with Crippen LogP contribution in [0.1, 0.15) is 36.0 Å². The number of fused-ring (bicyclic) bond motifs is 4. The fourth-order valence-corrected chi connectivity index (χ4v) is 7.68. The van der Waals surface area contributed by atoms with Crippen molar-refractivity contribution in [2.75, 3.05) is 45.7 Å². The average Bonchev–Trinajstić information content (AvgIpc) is 3.40. The molecule has 44 heavy (non-hydrogen) atoms. The summed E-state index contributed by atoms with van der Waals surface area (Å²) in [5.74, 6) is 3.53. The van der Waals surface area contributed by atoms with E-state index < -0.39 is 0 Å². The Balaban J connectivity index is 1.17. The number of amides is 2. The van der Waals surface area contributed by atoms with E-state index >= 15 is 0 Å². The van der Waals surface area contributed by atoms with Gasteiger partial charge in [0.15, 0.2) is 5.82 Å². The predicted molar refractivity (Wildman–Crippen MR) is 169 cm³/mol. The maximum absolute atomic E-state index is 13.7. The first kappa shape index (κ1) is 27.4. The zero-order valence-corrected chi connectivity index (χ0v) is 25.9. The van der Waals surface area contributed by atoms with E-state index in [0.29, 0.717) is 36.2 Å². The molecule has 1 aromatic carbocycles. The molecule has 0 radical (unpaired) electrons. The van der Waals surface area contributed by atoms with E-state index in [9.17, 15) is 9.59 Å². The number of imidazole rings is 1. The number of methoxy groups -OCH3 is 1. The summed E-state index contributed by atoms with van der Waals surface area (Å²) < 4.78 is 10.2. The molecule has 2 bridgehead atoms. The van der Waals surface area contributed by atoms with Crippen molar-refractivity contribution in [3.8, 4) is 17.3 Å². The fraction of sp³-hybridized carbons (Fsp3) is 0.515. The molecule has 3 aromatic heterocycles. The molecular formula is C33H40N8O3. The van der Waals surface area contributed by atoms with E-state index in [0.717, 1.165) is 65.3 Å². The Bertz CT molecular complexity index is 1810. The molecule has 8 rings (SSSR count). The standard InChI is InChI=1S/C33H40N8O3/c1-37(2)32(42)22-15-39(16-22)27-10-8-19-12-25(40(30(19)36-27)14-18-5-6-18)31-35-23-11-21(13-26(44-4)29(23)38(31)3)33(43)41-17-20-7-9-24(41)28(20)34/h8,10-13,18,20,22,24,28H,5-7,9,14-17,34H2,1-4H3/t20?,24?,28-/m1/s1. The summed E-state index contributed by atoms with van der Waals surface area (Å²) in [4.78, 5) is 42.2. The average molecular weight is 597 g/mol. The van der Waals surface area contributed by atoms with E-state index in [2.05, 4.69) is 32.2 Å². The minimum Gasteiger partial charge on any atom is -0.494 e. The van der Waals surface area contributed by atoms with Gasteiger partial charge in [-0.1, -0.05) is 0 Å². The number of aryl methyl sites for hydroxylation is 1. The smallest absolute Gasteiger partial charge is 0.254 e. The van der Waals surface area contributed by atoms with Gasteiger partial charge in [0.2, 0.25) is 5.91 Å². The Labute approximate surface area is 256 Å². The Morgan fingerprint density at radius 1 is 1.05 bits per heavy atom. The number of rotatable bonds is 7. The number of nitrogens with zero attached hydrogens (tertiary/aromatic N) is 7. The van der Waals surface area contributed by atoms with Crippen LogP contribution in [0.4, 0.5) is 5.82 Å². The van der Waals surface area contributed by atoms with Gasteiger partial charge in [0.1, 0.15) is 22.7 Å². The van der Waals surface area contributed by atoms with Crippen molar-refractivity contribution in [3.05, 3.63) is 35.9 Å². The van der Waals surface area contributed by atoms with Crippen molar-refractivity contribution in [1.29, 1.82) is 0 Å². The molecule has 11 heteroatoms. The molecule has 4 fully saturated rings. The lowest BCUT2D eigenvalue weighted by atomic mass is 9.99. The normalized spacial score (nSPS) is 23.2. The predicted octanol–water partition coefficient (Wildman–Crippen LogP) is 3.09. The highest BCUT2D eigenvalue weighted by Crippen LogP contribution is 2.40. The highest BCUT2D eigenvalue weighted by molar-refractivity contribution is 6.00. The van der Waals surface area contributed by atoms with E-state index in [-0.39, 0.29) is 29.8 Å². The lowest BCUT2D eigenvalue weighted by molar-refractivity contribution is -0.133. The van der Waals surface area contributed by atoms with Gasteiger partial charge in [-0.2, -0.15) is 0 Å². The highest BCUT2D eigenvalue weighted by atomic mass is 16.5. The minimum absolute atomic E-state index is 0.000134. The third-order valence-electron chi connectivity index (χ3n) is 10.4. The van der Waals surface area contributed by atoms with Gasteiger partial charge in [0, 0.05) is 70.4 Å². The molecule has 0 spiro atoms. The molecule has 5 heterocycles. The van der Waals surface area contributed by atoms with Crippen LogP contribution in [0, 0.1) is 17.8 Å². The summed E-state index contributed by atoms with van der Waals surface area (Å²) in [7, 11) is 7.27. The maximum atomic E-state index is 13.7. The van der Waals surface area contributed by atoms with Crippen molar-refractivity contribution in [3.63, 3.8) is 0 Å². The molecule has 2 saturated heterocycles. The first-order valence-electron chi connectivity index (χ1n) is 15.8. The van der Waals surface area contributed by atoms with Gasteiger partial charge in [-0.15, -0.1) is 0 Å². The first-order valence-corrected chi connectivity index (χ1v) is 15.8. The number of carbonyl (C=O) groups is 2. The summed E-state index contributed by atoms with van der Waals surface area (Å²) >= 11 is 0. The van der Waals surface area contributed by atoms with Crippen molar-refractivity contribution in [2.24, 2.45) is 30.5 Å². The molecule has 2 N–H and O–H groups in total. The lowest BCUT2D eigenvalue weighted by Gasteiger charge is -2.40. The van der Waals surface area contributed by atoms with Crippen LogP contribution in [0.15, 0.2) is 30.3 Å². The van der Waals surface area contributed by atoms with Crippen molar-refractivity contribution in [2.45, 2.75) is 44.3 Å². The number of ether oxygens (including phenoxy) is 1. The Hall–Kier alpha value is -4.12. The number of hydrogen-bond acceptors (Lipinski definition) is 7. The quantitative estimate of drug-likeness (QED) is 0.349. The van der Waals surface area contributed by atoms with Crippen LogP contribution in [0.25, 0.3) is 33.6 Å². The number of anilines is 1. The molecule has 4 aliphatic rings. The number of nitrogens with two attached hydrogens (primary N) is 1. The van der Waals surface area contributed by atoms with Gasteiger partial charge in [-0.3, -0.25) is 9.59 Å². The Kier molecular flexibility index (Phi) is 6.20. The van der Waals surface area contributed by atoms with Crippen molar-refractivity contribution >= 4 is 39.7 Å². The molecule has 230 valence electrons. The van der Waals surface area contributed by atoms with Crippen molar-refractivity contribution in [1.82, 2.24) is 28.9 Å². The molecular weight excluding hydrogens is 556 g/mol. The monoisotopic (exact) mass is 596 g/mol. The SMILES string of the molecule is COc1cc(C(=O)N2CC3CCC2[C@@H]3N)cc2nc(-c3cc4ccc(N5CC(C(=O)N(C)C)C5)nc4n3CC3CC3)n(C)c12. The van der Waals surface area contributed by atoms with Crippen molar-refractivity contribution < 1.29 is 14.3 Å². The molecule has 2 aliphatic heterocycles. The summed E-state index contributed by atoms with van der Waals surface area (Å²) in [5, 5.41) is 1.06. The first-order chi connectivity index (χ1) is 21.2. The second-order valence-electron chi connectivity index (χ2n) is 13.5. The summed E-state index contributed by atoms with van der Waals surface area (Å²) in [6.07, 6.45) is 4.49. The highest BCUT2D eigenvalue weighted by Gasteiger charge is 2.47. The summed E-state index contributed by atoms with van der Waals surface area (Å²) in [6.45, 7) is 2.96. The largest absolute Gasteiger partial charge is 0.494 e. The maximum Gasteiger partial charge on any atom is 0.254 e. The second-order valence-corrected chi connectivity index (χ2v) is 13.5. The Morgan fingerprint density at radius 2 is 1.84 bits per heavy atom. The van der Waals surface area contributed by atoms with Gasteiger partial charge in [-0.25, -0.2) is 9.97 Å². The van der Waals surface area contributed by atoms with Crippen LogP contribution in [0.3, 0.4) is 0 Å². The molecule has 2 unspecified atom stereocenters. The fourth-order valence-electron chi connectivity index (χ4n) is 7.68. The summed E-state index contributed by atoms with van der Waals surface area (Å²) in [6, 6.07) is 10.3. The van der Waals surface area contributed by atoms with Gasteiger partial charge in [0.05, 0.1) is 24.2 Å². The third kappa shape index (κ3) is 4.19. The number of likely N-dealkylation sites (tertiary alicyclic amines) is 1. The van der Waals surface area contributed by atoms with E-state index in [1.807, 2.05) is 38.2 Å². The molecule has 2 amide bonds. The van der Waals surface area contributed by atoms with Crippen LogP contribution < -0.4 is 15.4 Å². The summed E-state index contributed by atoms with van der Waals surface area (Å²) in [5.41, 5.74) is 10.5. The Morgan fingerprint density at radius 3 is 2.50 bits per heavy atom. The molecule has 3 atom stereocenters. The number of pyridine rings is 1. The van der Waals surface area contributed by atoms with E-state index in [1.54, 1.807) is 12.0 Å². The van der Waals surface area contributed by atoms with Gasteiger partial charge in [-0.05, 0) is 67.9 Å². The second kappa shape index (κ2) is 9.95. The van der Waals surface area contributed by atoms with Crippen LogP contribution in [-0.4, -0.2) is 93.6 Å². The number of aromatic nitrogens is 4. The van der Waals surface area contributed by atoms with Crippen LogP contribution in [0.5, 0.6) is 5.75 Å². The van der Waals surface area contributed by atoms with Crippen LogP contribution in [0.2, 0.25) is 0 Å². The third-order valence-corrected chi connectivity index (χ3v) is 10.4. The minimum atomic E-state index is 0.000134. The van der Waals surface area contributed by atoms with Crippen LogP contribution >= 0.6 is 0 Å². The zero-order valence-electron chi connectivity index (χ0n) is 25.9. The van der Waals surface area contributed by atoms with Gasteiger partial charge < -0.3 is 34.3 Å².